The summed E-state index contributed by atoms with van der Waals surface area (Å²) in [6.07, 6.45) is 3.73. The van der Waals surface area contributed by atoms with Crippen LogP contribution < -0.4 is 14.8 Å². The van der Waals surface area contributed by atoms with Crippen molar-refractivity contribution in [1.82, 2.24) is 5.32 Å². The number of aliphatic carboxylic acids is 1. The summed E-state index contributed by atoms with van der Waals surface area (Å²) >= 11 is 0. The highest BCUT2D eigenvalue weighted by Crippen LogP contribution is 2.35. The number of hydrogen-bond acceptors (Lipinski definition) is 4. The van der Waals surface area contributed by atoms with E-state index in [1.54, 1.807) is 25.3 Å². The molecule has 0 saturated heterocycles. The highest BCUT2D eigenvalue weighted by molar-refractivity contribution is 6.01. The number of hydrogen-bond donors (Lipinski definition) is 2. The van der Waals surface area contributed by atoms with E-state index in [-0.39, 0.29) is 6.61 Å². The van der Waals surface area contributed by atoms with Crippen LogP contribution in [-0.2, 0) is 9.59 Å². The number of fused-ring (bicyclic) bond motifs is 1. The summed E-state index contributed by atoms with van der Waals surface area (Å²) in [6, 6.07) is 4.52. The van der Waals surface area contributed by atoms with Crippen molar-refractivity contribution in [2.24, 2.45) is 0 Å². The molecular weight excluding hydrogens is 298 g/mol. The summed E-state index contributed by atoms with van der Waals surface area (Å²) in [5, 5.41) is 11.8. The van der Waals surface area contributed by atoms with Gasteiger partial charge in [-0.1, -0.05) is 31.9 Å². The number of carbonyl (C=O) groups is 2. The van der Waals surface area contributed by atoms with Crippen LogP contribution in [0, 0.1) is 0 Å². The van der Waals surface area contributed by atoms with Crippen LogP contribution in [0.15, 0.2) is 23.8 Å². The molecular formula is C17H21NO5. The largest absolute Gasteiger partial charge is 0.493 e. The van der Waals surface area contributed by atoms with E-state index in [1.165, 1.54) is 0 Å². The standard InChI is InChI=1S/C17H21NO5/c1-3-4-7-13(17(20)21)18-16(19)12-9-11-6-5-8-14(22-2)15(11)23-10-12/h5-6,8-9,13H,3-4,7,10H2,1-2H3,(H,18,19)(H,20,21)/t13-/m0/s1. The monoisotopic (exact) mass is 319 g/mol. The third-order valence-corrected chi connectivity index (χ3v) is 3.67. The van der Waals surface area contributed by atoms with Crippen LogP contribution >= 0.6 is 0 Å². The highest BCUT2D eigenvalue weighted by Gasteiger charge is 2.24. The van der Waals surface area contributed by atoms with Crippen LogP contribution in [0.1, 0.15) is 31.7 Å². The quantitative estimate of drug-likeness (QED) is 0.805. The van der Waals surface area contributed by atoms with E-state index in [9.17, 15) is 14.7 Å². The van der Waals surface area contributed by atoms with E-state index in [4.69, 9.17) is 9.47 Å². The van der Waals surface area contributed by atoms with Gasteiger partial charge in [-0.2, -0.15) is 0 Å². The van der Waals surface area contributed by atoms with Gasteiger partial charge in [0.2, 0.25) is 0 Å². The molecule has 2 rings (SSSR count). The lowest BCUT2D eigenvalue weighted by atomic mass is 10.1. The van der Waals surface area contributed by atoms with Crippen LogP contribution in [0.3, 0.4) is 0 Å². The number of methoxy groups -OCH3 is 1. The number of rotatable bonds is 7. The number of carboxylic acid groups (broad SMARTS) is 1. The Balaban J connectivity index is 2.13. The van der Waals surface area contributed by atoms with E-state index in [2.05, 4.69) is 5.32 Å². The third-order valence-electron chi connectivity index (χ3n) is 3.67. The molecule has 0 bridgehead atoms. The lowest BCUT2D eigenvalue weighted by Gasteiger charge is -2.21. The molecule has 1 atom stereocenters. The Kier molecular flexibility index (Phi) is 5.62. The Bertz CT molecular complexity index is 623. The van der Waals surface area contributed by atoms with Crippen molar-refractivity contribution >= 4 is 18.0 Å². The predicted octanol–water partition coefficient (Wildman–Crippen LogP) is 2.23. The maximum absolute atomic E-state index is 12.3. The second kappa shape index (κ2) is 7.67. The van der Waals surface area contributed by atoms with Gasteiger partial charge in [0.05, 0.1) is 12.7 Å². The summed E-state index contributed by atoms with van der Waals surface area (Å²) in [5.74, 6) is -0.245. The molecule has 1 amide bonds. The van der Waals surface area contributed by atoms with Gasteiger partial charge in [-0.3, -0.25) is 4.79 Å². The molecule has 6 nitrogen and oxygen atoms in total. The molecule has 0 radical (unpaired) electrons. The first-order chi connectivity index (χ1) is 11.1. The minimum Gasteiger partial charge on any atom is -0.493 e. The van der Waals surface area contributed by atoms with Crippen LogP contribution in [0.4, 0.5) is 0 Å². The van der Waals surface area contributed by atoms with E-state index in [0.29, 0.717) is 23.5 Å². The van der Waals surface area contributed by atoms with Crippen molar-refractivity contribution in [2.45, 2.75) is 32.2 Å². The van der Waals surface area contributed by atoms with Gasteiger partial charge in [-0.15, -0.1) is 0 Å². The van der Waals surface area contributed by atoms with Gasteiger partial charge in [0.25, 0.3) is 5.91 Å². The van der Waals surface area contributed by atoms with Crippen LogP contribution in [0.25, 0.3) is 6.08 Å². The first kappa shape index (κ1) is 16.9. The number of benzene rings is 1. The fraction of sp³-hybridized carbons (Fsp3) is 0.412. The molecule has 2 N–H and O–H groups in total. The molecule has 1 aliphatic heterocycles. The zero-order chi connectivity index (χ0) is 16.8. The average molecular weight is 319 g/mol. The molecule has 0 unspecified atom stereocenters. The molecule has 1 aliphatic rings. The van der Waals surface area contributed by atoms with E-state index >= 15 is 0 Å². The van der Waals surface area contributed by atoms with Crippen molar-refractivity contribution in [1.29, 1.82) is 0 Å². The highest BCUT2D eigenvalue weighted by atomic mass is 16.5. The van der Waals surface area contributed by atoms with Crippen molar-refractivity contribution in [3.05, 3.63) is 29.3 Å². The lowest BCUT2D eigenvalue weighted by molar-refractivity contribution is -0.141. The average Bonchev–Trinajstić information content (AvgIpc) is 2.56. The Labute approximate surface area is 135 Å². The Morgan fingerprint density at radius 3 is 2.87 bits per heavy atom. The molecule has 23 heavy (non-hydrogen) atoms. The first-order valence-electron chi connectivity index (χ1n) is 7.60. The van der Waals surface area contributed by atoms with Crippen molar-refractivity contribution in [3.8, 4) is 11.5 Å². The number of carbonyl (C=O) groups excluding carboxylic acids is 1. The van der Waals surface area contributed by atoms with E-state index < -0.39 is 17.9 Å². The Morgan fingerprint density at radius 2 is 2.22 bits per heavy atom. The maximum Gasteiger partial charge on any atom is 0.326 e. The lowest BCUT2D eigenvalue weighted by Crippen LogP contribution is -2.42. The summed E-state index contributed by atoms with van der Waals surface area (Å²) < 4.78 is 10.8. The van der Waals surface area contributed by atoms with E-state index in [1.807, 2.05) is 13.0 Å². The second-order valence-corrected chi connectivity index (χ2v) is 5.34. The fourth-order valence-corrected chi connectivity index (χ4v) is 2.39. The van der Waals surface area contributed by atoms with Gasteiger partial charge in [-0.25, -0.2) is 4.79 Å². The minimum atomic E-state index is -1.02. The molecule has 0 spiro atoms. The molecule has 1 aromatic rings. The Morgan fingerprint density at radius 1 is 1.43 bits per heavy atom. The van der Waals surface area contributed by atoms with Gasteiger partial charge in [0.1, 0.15) is 12.6 Å². The van der Waals surface area contributed by atoms with E-state index in [0.717, 1.165) is 18.4 Å². The van der Waals surface area contributed by atoms with Gasteiger partial charge >= 0.3 is 5.97 Å². The minimum absolute atomic E-state index is 0.0827. The maximum atomic E-state index is 12.3. The summed E-state index contributed by atoms with van der Waals surface area (Å²) in [5.41, 5.74) is 1.13. The summed E-state index contributed by atoms with van der Waals surface area (Å²) in [7, 11) is 1.55. The summed E-state index contributed by atoms with van der Waals surface area (Å²) in [4.78, 5) is 23.5. The predicted molar refractivity (Wildman–Crippen MR) is 85.6 cm³/mol. The summed E-state index contributed by atoms with van der Waals surface area (Å²) in [6.45, 7) is 2.06. The first-order valence-corrected chi connectivity index (χ1v) is 7.60. The molecule has 124 valence electrons. The number of nitrogens with one attached hydrogen (secondary N) is 1. The zero-order valence-corrected chi connectivity index (χ0v) is 13.3. The van der Waals surface area contributed by atoms with Crippen molar-refractivity contribution in [2.75, 3.05) is 13.7 Å². The number of carboxylic acids is 1. The smallest absolute Gasteiger partial charge is 0.326 e. The molecule has 1 aromatic carbocycles. The normalized spacial score (nSPS) is 14.1. The molecule has 0 saturated carbocycles. The fourth-order valence-electron chi connectivity index (χ4n) is 2.39. The van der Waals surface area contributed by atoms with Crippen LogP contribution in [-0.4, -0.2) is 36.7 Å². The van der Waals surface area contributed by atoms with Crippen molar-refractivity contribution in [3.63, 3.8) is 0 Å². The topological polar surface area (TPSA) is 84.9 Å². The van der Waals surface area contributed by atoms with Gasteiger partial charge in [0, 0.05) is 5.56 Å². The number of unbranched alkanes of at least 4 members (excludes halogenated alkanes) is 1. The number of ether oxygens (including phenoxy) is 2. The second-order valence-electron chi connectivity index (χ2n) is 5.34. The third kappa shape index (κ3) is 4.03. The van der Waals surface area contributed by atoms with Gasteiger partial charge in [-0.05, 0) is 18.6 Å². The van der Waals surface area contributed by atoms with Crippen molar-refractivity contribution < 1.29 is 24.2 Å². The van der Waals surface area contributed by atoms with Crippen LogP contribution in [0.2, 0.25) is 0 Å². The molecule has 0 aliphatic carbocycles. The van der Waals surface area contributed by atoms with Crippen LogP contribution in [0.5, 0.6) is 11.5 Å². The van der Waals surface area contributed by atoms with Gasteiger partial charge < -0.3 is 19.9 Å². The molecule has 6 heteroatoms. The molecule has 0 aromatic heterocycles. The SMILES string of the molecule is CCCC[C@H](NC(=O)C1=Cc2cccc(OC)c2OC1)C(=O)O. The molecule has 1 heterocycles. The number of amides is 1. The van der Waals surface area contributed by atoms with Gasteiger partial charge in [0.15, 0.2) is 11.5 Å². The Hall–Kier alpha value is -2.50. The zero-order valence-electron chi connectivity index (χ0n) is 13.3. The number of para-hydroxylation sites is 1. The molecule has 0 fully saturated rings.